The van der Waals surface area contributed by atoms with Gasteiger partial charge in [0, 0.05) is 12.6 Å². The smallest absolute Gasteiger partial charge is 0.183 e. The number of ether oxygens (including phenoxy) is 1. The van der Waals surface area contributed by atoms with Gasteiger partial charge in [0.15, 0.2) is 5.13 Å². The number of nitrogens with zero attached hydrogens (tertiary/aromatic N) is 1. The van der Waals surface area contributed by atoms with Crippen LogP contribution in [0.25, 0.3) is 10.2 Å². The van der Waals surface area contributed by atoms with Crippen molar-refractivity contribution >= 4 is 26.7 Å². The van der Waals surface area contributed by atoms with Crippen LogP contribution in [0.1, 0.15) is 26.3 Å². The molecule has 2 rings (SSSR count). The molecule has 0 atom stereocenters. The number of nitrogens with one attached hydrogen (secondary N) is 1. The Morgan fingerprint density at radius 1 is 1.29 bits per heavy atom. The van der Waals surface area contributed by atoms with Crippen LogP contribution < -0.4 is 10.1 Å². The van der Waals surface area contributed by atoms with Crippen molar-refractivity contribution in [3.05, 3.63) is 17.7 Å². The summed E-state index contributed by atoms with van der Waals surface area (Å²) >= 11 is 1.64. The second kappa shape index (κ2) is 4.18. The van der Waals surface area contributed by atoms with E-state index in [4.69, 9.17) is 4.74 Å². The molecule has 1 aromatic heterocycles. The molecule has 92 valence electrons. The van der Waals surface area contributed by atoms with Crippen LogP contribution in [-0.2, 0) is 5.41 Å². The summed E-state index contributed by atoms with van der Waals surface area (Å²) in [6.07, 6.45) is 0. The third kappa shape index (κ3) is 2.22. The average molecular weight is 250 g/mol. The number of aromatic nitrogens is 1. The van der Waals surface area contributed by atoms with Crippen molar-refractivity contribution in [3.8, 4) is 5.75 Å². The van der Waals surface area contributed by atoms with Gasteiger partial charge in [-0.3, -0.25) is 0 Å². The summed E-state index contributed by atoms with van der Waals surface area (Å²) in [6.45, 7) is 6.55. The summed E-state index contributed by atoms with van der Waals surface area (Å²) in [5, 5.41) is 4.02. The van der Waals surface area contributed by atoms with E-state index in [-0.39, 0.29) is 5.41 Å². The second-order valence-electron chi connectivity index (χ2n) is 5.04. The molecule has 0 bridgehead atoms. The maximum Gasteiger partial charge on any atom is 0.183 e. The molecule has 0 aliphatic heterocycles. The van der Waals surface area contributed by atoms with Crippen molar-refractivity contribution in [1.29, 1.82) is 0 Å². The topological polar surface area (TPSA) is 34.2 Å². The molecule has 0 saturated carbocycles. The van der Waals surface area contributed by atoms with Crippen LogP contribution in [0.15, 0.2) is 12.1 Å². The summed E-state index contributed by atoms with van der Waals surface area (Å²) in [7, 11) is 3.61. The summed E-state index contributed by atoms with van der Waals surface area (Å²) in [6, 6.07) is 4.21. The maximum absolute atomic E-state index is 5.48. The number of anilines is 1. The van der Waals surface area contributed by atoms with E-state index in [2.05, 4.69) is 43.2 Å². The number of thiazole rings is 1. The summed E-state index contributed by atoms with van der Waals surface area (Å²) in [5.74, 6) is 0.941. The fraction of sp³-hybridized carbons (Fsp3) is 0.462. The molecule has 1 N–H and O–H groups in total. The first kappa shape index (κ1) is 12.2. The molecule has 0 amide bonds. The first-order chi connectivity index (χ1) is 7.95. The first-order valence-corrected chi connectivity index (χ1v) is 6.44. The maximum atomic E-state index is 5.48. The fourth-order valence-electron chi connectivity index (χ4n) is 1.82. The zero-order valence-corrected chi connectivity index (χ0v) is 11.7. The van der Waals surface area contributed by atoms with Crippen molar-refractivity contribution in [2.24, 2.45) is 0 Å². The van der Waals surface area contributed by atoms with Crippen molar-refractivity contribution in [3.63, 3.8) is 0 Å². The monoisotopic (exact) mass is 250 g/mol. The zero-order chi connectivity index (χ0) is 12.6. The Labute approximate surface area is 106 Å². The van der Waals surface area contributed by atoms with E-state index < -0.39 is 0 Å². The largest absolute Gasteiger partial charge is 0.496 e. The standard InChI is InChI=1S/C13H18N2OS/c1-13(2,3)8-6-9-11(7-10(8)16-5)17-12(14-4)15-9/h6-7H,1-5H3,(H,14,15). The van der Waals surface area contributed by atoms with Crippen molar-refractivity contribution in [1.82, 2.24) is 4.98 Å². The van der Waals surface area contributed by atoms with Gasteiger partial charge in [-0.15, -0.1) is 0 Å². The van der Waals surface area contributed by atoms with Crippen LogP contribution in [0.5, 0.6) is 5.75 Å². The minimum atomic E-state index is 0.0585. The molecule has 0 spiro atoms. The third-order valence-corrected chi connectivity index (χ3v) is 3.77. The normalized spacial score (nSPS) is 11.8. The molecule has 4 heteroatoms. The van der Waals surface area contributed by atoms with E-state index in [1.807, 2.05) is 7.05 Å². The number of methoxy groups -OCH3 is 1. The third-order valence-electron chi connectivity index (χ3n) is 2.73. The minimum absolute atomic E-state index is 0.0585. The molecule has 0 fully saturated rings. The minimum Gasteiger partial charge on any atom is -0.496 e. The Hall–Kier alpha value is -1.29. The zero-order valence-electron chi connectivity index (χ0n) is 10.9. The highest BCUT2D eigenvalue weighted by Crippen LogP contribution is 2.37. The molecule has 17 heavy (non-hydrogen) atoms. The van der Waals surface area contributed by atoms with Gasteiger partial charge in [0.2, 0.25) is 0 Å². The molecule has 1 aromatic carbocycles. The quantitative estimate of drug-likeness (QED) is 0.883. The number of hydrogen-bond donors (Lipinski definition) is 1. The van der Waals surface area contributed by atoms with E-state index in [0.29, 0.717) is 0 Å². The molecular formula is C13H18N2OS. The molecule has 3 nitrogen and oxygen atoms in total. The van der Waals surface area contributed by atoms with Crippen LogP contribution >= 0.6 is 11.3 Å². The van der Waals surface area contributed by atoms with Crippen LogP contribution in [0.3, 0.4) is 0 Å². The van der Waals surface area contributed by atoms with Gasteiger partial charge in [0.1, 0.15) is 5.75 Å². The highest BCUT2D eigenvalue weighted by atomic mass is 32.1. The highest BCUT2D eigenvalue weighted by Gasteiger charge is 2.20. The van der Waals surface area contributed by atoms with Gasteiger partial charge in [-0.05, 0) is 17.5 Å². The van der Waals surface area contributed by atoms with Crippen molar-refractivity contribution in [2.45, 2.75) is 26.2 Å². The Kier molecular flexibility index (Phi) is 3.00. The molecular weight excluding hydrogens is 232 g/mol. The molecule has 0 aliphatic rings. The molecule has 0 unspecified atom stereocenters. The second-order valence-corrected chi connectivity index (χ2v) is 6.07. The van der Waals surface area contributed by atoms with Gasteiger partial charge >= 0.3 is 0 Å². The van der Waals surface area contributed by atoms with Gasteiger partial charge in [-0.2, -0.15) is 0 Å². The average Bonchev–Trinajstić information content (AvgIpc) is 2.67. The Balaban J connectivity index is 2.67. The summed E-state index contributed by atoms with van der Waals surface area (Å²) < 4.78 is 6.63. The Morgan fingerprint density at radius 2 is 2.00 bits per heavy atom. The van der Waals surface area contributed by atoms with Crippen molar-refractivity contribution < 1.29 is 4.74 Å². The number of benzene rings is 1. The fourth-order valence-corrected chi connectivity index (χ4v) is 2.65. The summed E-state index contributed by atoms with van der Waals surface area (Å²) in [5.41, 5.74) is 2.29. The summed E-state index contributed by atoms with van der Waals surface area (Å²) in [4.78, 5) is 4.53. The molecule has 2 aromatic rings. The number of fused-ring (bicyclic) bond motifs is 1. The molecule has 1 heterocycles. The van der Waals surface area contributed by atoms with Crippen LogP contribution in [0, 0.1) is 0 Å². The van der Waals surface area contributed by atoms with Crippen LogP contribution in [-0.4, -0.2) is 19.1 Å². The number of hydrogen-bond acceptors (Lipinski definition) is 4. The lowest BCUT2D eigenvalue weighted by Gasteiger charge is -2.21. The SMILES string of the molecule is CNc1nc2cc(C(C)(C)C)c(OC)cc2s1. The number of rotatable bonds is 2. The highest BCUT2D eigenvalue weighted by molar-refractivity contribution is 7.22. The first-order valence-electron chi connectivity index (χ1n) is 5.62. The van der Waals surface area contributed by atoms with Gasteiger partial charge in [-0.1, -0.05) is 32.1 Å². The van der Waals surface area contributed by atoms with Crippen LogP contribution in [0.4, 0.5) is 5.13 Å². The van der Waals surface area contributed by atoms with Gasteiger partial charge in [0.05, 0.1) is 17.3 Å². The van der Waals surface area contributed by atoms with E-state index in [1.54, 1.807) is 18.4 Å². The van der Waals surface area contributed by atoms with E-state index in [0.717, 1.165) is 21.1 Å². The molecule has 0 radical (unpaired) electrons. The lowest BCUT2D eigenvalue weighted by Crippen LogP contribution is -2.12. The predicted octanol–water partition coefficient (Wildman–Crippen LogP) is 3.64. The van der Waals surface area contributed by atoms with E-state index >= 15 is 0 Å². The molecule has 0 aliphatic carbocycles. The van der Waals surface area contributed by atoms with Gasteiger partial charge in [-0.25, -0.2) is 4.98 Å². The van der Waals surface area contributed by atoms with Crippen molar-refractivity contribution in [2.75, 3.05) is 19.5 Å². The Morgan fingerprint density at radius 3 is 2.53 bits per heavy atom. The molecule has 0 saturated heterocycles. The van der Waals surface area contributed by atoms with E-state index in [9.17, 15) is 0 Å². The van der Waals surface area contributed by atoms with E-state index in [1.165, 1.54) is 5.56 Å². The Bertz CT molecular complexity index is 540. The van der Waals surface area contributed by atoms with Gasteiger partial charge in [0.25, 0.3) is 0 Å². The lowest BCUT2D eigenvalue weighted by molar-refractivity contribution is 0.398. The van der Waals surface area contributed by atoms with Gasteiger partial charge < -0.3 is 10.1 Å². The predicted molar refractivity (Wildman–Crippen MR) is 74.4 cm³/mol. The van der Waals surface area contributed by atoms with Crippen LogP contribution in [0.2, 0.25) is 0 Å². The lowest BCUT2D eigenvalue weighted by atomic mass is 9.86.